The number of allylic oxidation sites excluding steroid dienone is 2. The quantitative estimate of drug-likeness (QED) is 0.0314. The topological polar surface area (TPSA) is 78.9 Å². The highest BCUT2D eigenvalue weighted by Gasteiger charge is 2.24. The van der Waals surface area contributed by atoms with E-state index in [0.29, 0.717) is 24.3 Å². The Bertz CT molecular complexity index is 1160. The number of ether oxygens (including phenoxy) is 3. The van der Waals surface area contributed by atoms with E-state index in [4.69, 9.17) is 14.2 Å². The Morgan fingerprint density at radius 3 is 1.91 bits per heavy atom. The van der Waals surface area contributed by atoms with Crippen LogP contribution in [0.5, 0.6) is 5.75 Å². The SMILES string of the molecule is CCCCCCCC/C=C\CCCCCCCC(=O)O/C(=C(/C)C(=O)C(=O)OCC)c1ccc(OCc2ccccc2)cc1. The van der Waals surface area contributed by atoms with Crippen LogP contribution in [0.25, 0.3) is 5.76 Å². The molecule has 0 radical (unpaired) electrons. The number of carbonyl (C=O) groups is 3. The number of unbranched alkanes of at least 4 members (excludes halogenated alkanes) is 11. The molecule has 2 rings (SSSR count). The first-order valence-electron chi connectivity index (χ1n) is 16.5. The van der Waals surface area contributed by atoms with Gasteiger partial charge in [0.2, 0.25) is 0 Å². The van der Waals surface area contributed by atoms with Gasteiger partial charge in [-0.1, -0.05) is 101 Å². The number of ketones is 1. The summed E-state index contributed by atoms with van der Waals surface area (Å²) in [6, 6.07) is 16.7. The van der Waals surface area contributed by atoms with Gasteiger partial charge in [0.25, 0.3) is 5.78 Å². The van der Waals surface area contributed by atoms with Crippen molar-refractivity contribution in [2.75, 3.05) is 6.61 Å². The minimum absolute atomic E-state index is 0.0271. The second-order valence-electron chi connectivity index (χ2n) is 11.1. The zero-order valence-corrected chi connectivity index (χ0v) is 27.1. The third-order valence-corrected chi connectivity index (χ3v) is 7.37. The zero-order valence-electron chi connectivity index (χ0n) is 27.1. The molecule has 0 amide bonds. The Hall–Kier alpha value is -3.67. The van der Waals surface area contributed by atoms with Crippen molar-refractivity contribution in [2.24, 2.45) is 0 Å². The van der Waals surface area contributed by atoms with Crippen molar-refractivity contribution < 1.29 is 28.6 Å². The van der Waals surface area contributed by atoms with Gasteiger partial charge in [-0.25, -0.2) is 4.79 Å². The molecule has 6 nitrogen and oxygen atoms in total. The summed E-state index contributed by atoms with van der Waals surface area (Å²) in [5.74, 6) is -1.54. The molecule has 240 valence electrons. The van der Waals surface area contributed by atoms with E-state index in [0.717, 1.165) is 37.7 Å². The van der Waals surface area contributed by atoms with Gasteiger partial charge in [0.1, 0.15) is 18.1 Å². The fraction of sp³-hybridized carbons (Fsp3) is 0.500. The number of hydrogen-bond donors (Lipinski definition) is 0. The van der Waals surface area contributed by atoms with Crippen LogP contribution < -0.4 is 4.74 Å². The van der Waals surface area contributed by atoms with Gasteiger partial charge in [-0.3, -0.25) is 9.59 Å². The molecule has 0 aromatic heterocycles. The fourth-order valence-corrected chi connectivity index (χ4v) is 4.75. The third kappa shape index (κ3) is 15.2. The second kappa shape index (κ2) is 22.8. The van der Waals surface area contributed by atoms with Crippen molar-refractivity contribution in [1.29, 1.82) is 0 Å². The lowest BCUT2D eigenvalue weighted by molar-refractivity contribution is -0.151. The average Bonchev–Trinajstić information content (AvgIpc) is 3.04. The maximum absolute atomic E-state index is 12.8. The molecule has 2 aromatic carbocycles. The molecule has 2 aromatic rings. The molecule has 0 aliphatic heterocycles. The highest BCUT2D eigenvalue weighted by Crippen LogP contribution is 2.25. The predicted molar refractivity (Wildman–Crippen MR) is 177 cm³/mol. The molecular weight excluding hydrogens is 552 g/mol. The number of esters is 2. The largest absolute Gasteiger partial charge is 0.489 e. The van der Waals surface area contributed by atoms with E-state index in [9.17, 15) is 14.4 Å². The smallest absolute Gasteiger partial charge is 0.379 e. The number of Topliss-reactive ketones (excluding diaryl/α,β-unsaturated/α-hetero) is 1. The molecule has 0 N–H and O–H groups in total. The first-order chi connectivity index (χ1) is 21.5. The van der Waals surface area contributed by atoms with Crippen LogP contribution in [0.2, 0.25) is 0 Å². The van der Waals surface area contributed by atoms with E-state index in [1.807, 2.05) is 30.3 Å². The molecule has 0 heterocycles. The van der Waals surface area contributed by atoms with Crippen molar-refractivity contribution in [2.45, 2.75) is 117 Å². The van der Waals surface area contributed by atoms with Crippen molar-refractivity contribution in [3.05, 3.63) is 83.4 Å². The van der Waals surface area contributed by atoms with Crippen LogP contribution in [-0.4, -0.2) is 24.3 Å². The van der Waals surface area contributed by atoms with Crippen molar-refractivity contribution >= 4 is 23.5 Å². The molecule has 6 heteroatoms. The maximum Gasteiger partial charge on any atom is 0.379 e. The van der Waals surface area contributed by atoms with Crippen LogP contribution in [0.3, 0.4) is 0 Å². The molecule has 0 unspecified atom stereocenters. The van der Waals surface area contributed by atoms with E-state index in [2.05, 4.69) is 19.1 Å². The van der Waals surface area contributed by atoms with Crippen LogP contribution >= 0.6 is 0 Å². The standard InChI is InChI=1S/C38H52O6/c1-4-6-7-8-9-10-11-12-13-14-15-16-17-18-22-25-35(39)44-37(31(3)36(40)38(41)42-5-2)33-26-28-34(29-27-33)43-30-32-23-20-19-21-24-32/h12-13,19-21,23-24,26-29H,4-11,14-18,22,25,30H2,1-3H3/b13-12-,37-31-. The number of rotatable bonds is 23. The summed E-state index contributed by atoms with van der Waals surface area (Å²) in [4.78, 5) is 37.6. The Labute approximate surface area is 264 Å². The molecule has 0 saturated heterocycles. The molecular formula is C38H52O6. The molecule has 0 saturated carbocycles. The first-order valence-corrected chi connectivity index (χ1v) is 16.5. The van der Waals surface area contributed by atoms with E-state index in [-0.39, 0.29) is 24.4 Å². The lowest BCUT2D eigenvalue weighted by Crippen LogP contribution is -2.20. The van der Waals surface area contributed by atoms with E-state index in [1.54, 1.807) is 31.2 Å². The van der Waals surface area contributed by atoms with Crippen molar-refractivity contribution in [3.63, 3.8) is 0 Å². The molecule has 0 atom stereocenters. The average molecular weight is 605 g/mol. The summed E-state index contributed by atoms with van der Waals surface area (Å²) in [6.45, 7) is 5.85. The summed E-state index contributed by atoms with van der Waals surface area (Å²) in [6.07, 6.45) is 20.1. The van der Waals surface area contributed by atoms with Crippen LogP contribution in [0.4, 0.5) is 0 Å². The summed E-state index contributed by atoms with van der Waals surface area (Å²) in [7, 11) is 0. The fourth-order valence-electron chi connectivity index (χ4n) is 4.75. The predicted octanol–water partition coefficient (Wildman–Crippen LogP) is 9.71. The summed E-state index contributed by atoms with van der Waals surface area (Å²) >= 11 is 0. The minimum Gasteiger partial charge on any atom is -0.489 e. The van der Waals surface area contributed by atoms with Crippen LogP contribution in [0.1, 0.15) is 122 Å². The number of hydrogen-bond acceptors (Lipinski definition) is 6. The highest BCUT2D eigenvalue weighted by atomic mass is 16.5. The molecule has 0 spiro atoms. The van der Waals surface area contributed by atoms with E-state index in [1.165, 1.54) is 51.9 Å². The maximum atomic E-state index is 12.8. The van der Waals surface area contributed by atoms with Gasteiger partial charge in [-0.15, -0.1) is 0 Å². The summed E-state index contributed by atoms with van der Waals surface area (Å²) in [5.41, 5.74) is 1.57. The Kier molecular flexibility index (Phi) is 18.9. The van der Waals surface area contributed by atoms with Gasteiger partial charge in [0.15, 0.2) is 0 Å². The summed E-state index contributed by atoms with van der Waals surface area (Å²) < 4.78 is 16.4. The Morgan fingerprint density at radius 1 is 0.705 bits per heavy atom. The van der Waals surface area contributed by atoms with Crippen LogP contribution in [-0.2, 0) is 30.5 Å². The monoisotopic (exact) mass is 604 g/mol. The van der Waals surface area contributed by atoms with Gasteiger partial charge >= 0.3 is 11.9 Å². The Balaban J connectivity index is 1.81. The Morgan fingerprint density at radius 2 is 1.30 bits per heavy atom. The molecule has 0 fully saturated rings. The van der Waals surface area contributed by atoms with Gasteiger partial charge in [0.05, 0.1) is 6.61 Å². The van der Waals surface area contributed by atoms with Gasteiger partial charge in [-0.2, -0.15) is 0 Å². The highest BCUT2D eigenvalue weighted by molar-refractivity contribution is 6.41. The van der Waals surface area contributed by atoms with Gasteiger partial charge < -0.3 is 14.2 Å². The zero-order chi connectivity index (χ0) is 31.8. The molecule has 0 aliphatic rings. The number of benzene rings is 2. The molecule has 44 heavy (non-hydrogen) atoms. The van der Waals surface area contributed by atoms with Crippen LogP contribution in [0, 0.1) is 0 Å². The van der Waals surface area contributed by atoms with Crippen LogP contribution in [0.15, 0.2) is 72.3 Å². The lowest BCUT2D eigenvalue weighted by Gasteiger charge is -2.13. The van der Waals surface area contributed by atoms with Gasteiger partial charge in [0, 0.05) is 17.6 Å². The molecule has 0 aliphatic carbocycles. The van der Waals surface area contributed by atoms with E-state index < -0.39 is 17.7 Å². The lowest BCUT2D eigenvalue weighted by atomic mass is 10.1. The van der Waals surface area contributed by atoms with Gasteiger partial charge in [-0.05, 0) is 75.8 Å². The minimum atomic E-state index is -0.974. The van der Waals surface area contributed by atoms with E-state index >= 15 is 0 Å². The third-order valence-electron chi connectivity index (χ3n) is 7.37. The first kappa shape index (κ1) is 36.5. The van der Waals surface area contributed by atoms with Crippen molar-refractivity contribution in [3.8, 4) is 5.75 Å². The summed E-state index contributed by atoms with van der Waals surface area (Å²) in [5, 5.41) is 0. The number of carbonyl (C=O) groups excluding carboxylic acids is 3. The second-order valence-corrected chi connectivity index (χ2v) is 11.1. The normalized spacial score (nSPS) is 11.7. The molecule has 0 bridgehead atoms. The van der Waals surface area contributed by atoms with Crippen molar-refractivity contribution in [1.82, 2.24) is 0 Å².